The molecule has 1 aliphatic rings. The molecule has 0 radical (unpaired) electrons. The molecule has 3 rings (SSSR count). The van der Waals surface area contributed by atoms with Crippen LogP contribution in [-0.4, -0.2) is 27.5 Å². The van der Waals surface area contributed by atoms with Gasteiger partial charge in [-0.2, -0.15) is 5.10 Å². The normalized spacial score (nSPS) is 22.4. The van der Waals surface area contributed by atoms with Crippen molar-refractivity contribution in [3.8, 4) is 5.69 Å². The first-order valence-electron chi connectivity index (χ1n) is 8.28. The van der Waals surface area contributed by atoms with Crippen LogP contribution in [0.3, 0.4) is 0 Å². The Morgan fingerprint density at radius 3 is 2.74 bits per heavy atom. The maximum absolute atomic E-state index is 13.1. The van der Waals surface area contributed by atoms with E-state index in [-0.39, 0.29) is 18.0 Å². The lowest BCUT2D eigenvalue weighted by molar-refractivity contribution is 0.130. The van der Waals surface area contributed by atoms with E-state index >= 15 is 0 Å². The van der Waals surface area contributed by atoms with Gasteiger partial charge in [0.2, 0.25) is 0 Å². The molecule has 0 amide bonds. The number of benzene rings is 1. The van der Waals surface area contributed by atoms with Crippen LogP contribution in [0.25, 0.3) is 5.69 Å². The molecule has 3 atom stereocenters. The number of hydrogen-bond donors (Lipinski definition) is 2. The summed E-state index contributed by atoms with van der Waals surface area (Å²) in [6.07, 6.45) is 4.82. The van der Waals surface area contributed by atoms with Gasteiger partial charge in [0.25, 0.3) is 0 Å². The van der Waals surface area contributed by atoms with Gasteiger partial charge in [0, 0.05) is 23.8 Å². The number of aromatic nitrogens is 2. The van der Waals surface area contributed by atoms with Gasteiger partial charge in [0.05, 0.1) is 18.0 Å². The van der Waals surface area contributed by atoms with Crippen molar-refractivity contribution < 1.29 is 9.50 Å². The Labute approximate surface area is 136 Å². The zero-order chi connectivity index (χ0) is 16.4. The minimum Gasteiger partial charge on any atom is -0.393 e. The summed E-state index contributed by atoms with van der Waals surface area (Å²) in [7, 11) is 0. The zero-order valence-electron chi connectivity index (χ0n) is 13.7. The molecule has 1 heterocycles. The lowest BCUT2D eigenvalue weighted by atomic mass is 10.0. The first-order chi connectivity index (χ1) is 11.1. The van der Waals surface area contributed by atoms with Crippen molar-refractivity contribution >= 4 is 0 Å². The van der Waals surface area contributed by atoms with E-state index in [1.54, 1.807) is 12.1 Å². The van der Waals surface area contributed by atoms with Crippen molar-refractivity contribution in [3.63, 3.8) is 0 Å². The fourth-order valence-corrected chi connectivity index (χ4v) is 3.38. The maximum atomic E-state index is 13.1. The molecule has 2 aromatic rings. The van der Waals surface area contributed by atoms with Crippen molar-refractivity contribution in [2.75, 3.05) is 6.54 Å². The molecule has 1 aromatic carbocycles. The van der Waals surface area contributed by atoms with Crippen LogP contribution in [0.1, 0.15) is 43.5 Å². The fourth-order valence-electron chi connectivity index (χ4n) is 3.38. The predicted molar refractivity (Wildman–Crippen MR) is 88.0 cm³/mol. The van der Waals surface area contributed by atoms with Crippen LogP contribution < -0.4 is 5.32 Å². The summed E-state index contributed by atoms with van der Waals surface area (Å²) in [4.78, 5) is 0. The third kappa shape index (κ3) is 3.46. The smallest absolute Gasteiger partial charge is 0.123 e. The molecule has 1 aliphatic carbocycles. The molecule has 1 aromatic heterocycles. The summed E-state index contributed by atoms with van der Waals surface area (Å²) in [5, 5.41) is 17.9. The van der Waals surface area contributed by atoms with Crippen molar-refractivity contribution in [1.29, 1.82) is 0 Å². The molecule has 5 heteroatoms. The largest absolute Gasteiger partial charge is 0.393 e. The second-order valence-electron chi connectivity index (χ2n) is 6.46. The number of halogens is 1. The molecule has 23 heavy (non-hydrogen) atoms. The minimum atomic E-state index is -0.246. The number of nitrogens with one attached hydrogen (secondary N) is 1. The van der Waals surface area contributed by atoms with E-state index in [9.17, 15) is 9.50 Å². The van der Waals surface area contributed by atoms with Crippen LogP contribution in [0.4, 0.5) is 4.39 Å². The van der Waals surface area contributed by atoms with Crippen LogP contribution in [-0.2, 0) is 0 Å². The van der Waals surface area contributed by atoms with Gasteiger partial charge in [0.15, 0.2) is 0 Å². The number of aliphatic hydroxyl groups is 1. The lowest BCUT2D eigenvalue weighted by Gasteiger charge is -2.19. The monoisotopic (exact) mass is 317 g/mol. The molecule has 4 nitrogen and oxygen atoms in total. The Bertz CT molecular complexity index is 653. The van der Waals surface area contributed by atoms with Gasteiger partial charge in [-0.1, -0.05) is 6.42 Å². The SMILES string of the molecule is Cc1c(C(C)NCC2CCCC2O)cnn1-c1ccc(F)cc1. The average Bonchev–Trinajstić information content (AvgIpc) is 3.12. The number of nitrogens with zero attached hydrogens (tertiary/aromatic N) is 2. The molecule has 0 saturated heterocycles. The van der Waals surface area contributed by atoms with E-state index in [1.807, 2.05) is 17.8 Å². The molecule has 2 N–H and O–H groups in total. The van der Waals surface area contributed by atoms with E-state index in [0.717, 1.165) is 42.8 Å². The summed E-state index contributed by atoms with van der Waals surface area (Å²) < 4.78 is 14.9. The first kappa shape index (κ1) is 16.1. The molecule has 0 aliphatic heterocycles. The summed E-state index contributed by atoms with van der Waals surface area (Å²) in [5.41, 5.74) is 3.03. The average molecular weight is 317 g/mol. The summed E-state index contributed by atoms with van der Waals surface area (Å²) in [5.74, 6) is 0.105. The molecule has 124 valence electrons. The summed E-state index contributed by atoms with van der Waals surface area (Å²) in [6.45, 7) is 4.96. The van der Waals surface area contributed by atoms with Crippen LogP contribution in [0.15, 0.2) is 30.5 Å². The number of aliphatic hydroxyl groups excluding tert-OH is 1. The lowest BCUT2D eigenvalue weighted by Crippen LogP contribution is -2.29. The van der Waals surface area contributed by atoms with Gasteiger partial charge in [-0.25, -0.2) is 9.07 Å². The van der Waals surface area contributed by atoms with Crippen molar-refractivity contribution in [2.24, 2.45) is 5.92 Å². The van der Waals surface area contributed by atoms with Crippen molar-refractivity contribution in [1.82, 2.24) is 15.1 Å². The molecule has 0 bridgehead atoms. The molecule has 1 fully saturated rings. The van der Waals surface area contributed by atoms with Gasteiger partial charge in [-0.15, -0.1) is 0 Å². The fraction of sp³-hybridized carbons (Fsp3) is 0.500. The highest BCUT2D eigenvalue weighted by Gasteiger charge is 2.25. The van der Waals surface area contributed by atoms with Crippen molar-refractivity contribution in [2.45, 2.75) is 45.3 Å². The number of rotatable bonds is 5. The highest BCUT2D eigenvalue weighted by atomic mass is 19.1. The van der Waals surface area contributed by atoms with Crippen LogP contribution >= 0.6 is 0 Å². The standard InChI is InChI=1S/C18H24FN3O/c1-12(20-10-14-4-3-5-18(14)23)17-11-21-22(13(17)2)16-8-6-15(19)7-9-16/h6-9,11-12,14,18,20,23H,3-5,10H2,1-2H3. The van der Waals surface area contributed by atoms with Crippen LogP contribution in [0, 0.1) is 18.7 Å². The Kier molecular flexibility index (Phi) is 4.78. The highest BCUT2D eigenvalue weighted by Crippen LogP contribution is 2.26. The predicted octanol–water partition coefficient (Wildman–Crippen LogP) is 3.13. The molecule has 1 saturated carbocycles. The van der Waals surface area contributed by atoms with Gasteiger partial charge < -0.3 is 10.4 Å². The Balaban J connectivity index is 1.69. The maximum Gasteiger partial charge on any atom is 0.123 e. The van der Waals surface area contributed by atoms with Gasteiger partial charge >= 0.3 is 0 Å². The zero-order valence-corrected chi connectivity index (χ0v) is 13.7. The molecular formula is C18H24FN3O. The van der Waals surface area contributed by atoms with Crippen LogP contribution in [0.5, 0.6) is 0 Å². The second-order valence-corrected chi connectivity index (χ2v) is 6.46. The third-order valence-corrected chi connectivity index (χ3v) is 4.89. The van der Waals surface area contributed by atoms with Crippen molar-refractivity contribution in [3.05, 3.63) is 47.5 Å². The van der Waals surface area contributed by atoms with E-state index < -0.39 is 0 Å². The molecule has 0 spiro atoms. The Morgan fingerprint density at radius 2 is 2.09 bits per heavy atom. The van der Waals surface area contributed by atoms with Gasteiger partial charge in [-0.3, -0.25) is 0 Å². The molecular weight excluding hydrogens is 293 g/mol. The molecule has 3 unspecified atom stereocenters. The van der Waals surface area contributed by atoms with Crippen LogP contribution in [0.2, 0.25) is 0 Å². The van der Waals surface area contributed by atoms with E-state index in [2.05, 4.69) is 17.3 Å². The second kappa shape index (κ2) is 6.81. The van der Waals surface area contributed by atoms with E-state index in [4.69, 9.17) is 0 Å². The van der Waals surface area contributed by atoms with E-state index in [0.29, 0.717) is 5.92 Å². The van der Waals surface area contributed by atoms with Gasteiger partial charge in [-0.05, 0) is 56.9 Å². The third-order valence-electron chi connectivity index (χ3n) is 4.89. The van der Waals surface area contributed by atoms with E-state index in [1.165, 1.54) is 12.1 Å². The first-order valence-corrected chi connectivity index (χ1v) is 8.28. The quantitative estimate of drug-likeness (QED) is 0.891. The van der Waals surface area contributed by atoms with Gasteiger partial charge in [0.1, 0.15) is 5.82 Å². The Morgan fingerprint density at radius 1 is 1.35 bits per heavy atom. The minimum absolute atomic E-state index is 0.164. The highest BCUT2D eigenvalue weighted by molar-refractivity contribution is 5.35. The number of hydrogen-bond acceptors (Lipinski definition) is 3. The summed E-state index contributed by atoms with van der Waals surface area (Å²) in [6, 6.07) is 6.51. The Hall–Kier alpha value is -1.72. The summed E-state index contributed by atoms with van der Waals surface area (Å²) >= 11 is 0. The topological polar surface area (TPSA) is 50.1 Å².